The summed E-state index contributed by atoms with van der Waals surface area (Å²) in [5, 5.41) is 5.60. The first-order valence-corrected chi connectivity index (χ1v) is 9.20. The van der Waals surface area contributed by atoms with Gasteiger partial charge in [0.25, 0.3) is 0 Å². The van der Waals surface area contributed by atoms with Crippen molar-refractivity contribution in [3.63, 3.8) is 0 Å². The van der Waals surface area contributed by atoms with Crippen LogP contribution in [0, 0.1) is 17.8 Å². The molecule has 2 amide bonds. The fraction of sp³-hybridized carbons (Fsp3) is 0.304. The number of ether oxygens (including phenoxy) is 2. The Morgan fingerprint density at radius 2 is 1.31 bits per heavy atom. The molecule has 0 spiro atoms. The molecule has 0 saturated carbocycles. The molecule has 0 aromatic heterocycles. The van der Waals surface area contributed by atoms with Crippen LogP contribution in [0.15, 0.2) is 48.5 Å². The van der Waals surface area contributed by atoms with Gasteiger partial charge in [-0.05, 0) is 19.1 Å². The van der Waals surface area contributed by atoms with Crippen molar-refractivity contribution < 1.29 is 19.1 Å². The summed E-state index contributed by atoms with van der Waals surface area (Å²) in [7, 11) is 3.13. The lowest BCUT2D eigenvalue weighted by molar-refractivity contribution is -0.142. The molecule has 2 rings (SSSR count). The Labute approximate surface area is 171 Å². The van der Waals surface area contributed by atoms with Crippen LogP contribution in [0.4, 0.5) is 0 Å². The fourth-order valence-corrected chi connectivity index (χ4v) is 2.91. The van der Waals surface area contributed by atoms with E-state index >= 15 is 0 Å². The molecule has 0 atom stereocenters. The summed E-state index contributed by atoms with van der Waals surface area (Å²) in [6.45, 7) is 1.99. The third-order valence-electron chi connectivity index (χ3n) is 4.72. The zero-order chi connectivity index (χ0) is 21.3. The van der Waals surface area contributed by atoms with Gasteiger partial charge in [-0.1, -0.05) is 36.4 Å². The number of carbonyl (C=O) groups excluding carboxylic acids is 2. The zero-order valence-electron chi connectivity index (χ0n) is 17.0. The van der Waals surface area contributed by atoms with Crippen molar-refractivity contribution >= 4 is 11.8 Å². The normalized spacial score (nSPS) is 10.6. The molecule has 0 unspecified atom stereocenters. The van der Waals surface area contributed by atoms with Crippen LogP contribution in [0.3, 0.4) is 0 Å². The average molecular weight is 394 g/mol. The van der Waals surface area contributed by atoms with Gasteiger partial charge in [0, 0.05) is 30.6 Å². The van der Waals surface area contributed by atoms with Gasteiger partial charge < -0.3 is 20.1 Å². The van der Waals surface area contributed by atoms with E-state index in [0.717, 1.165) is 11.1 Å². The smallest absolute Gasteiger partial charge is 0.236 e. The van der Waals surface area contributed by atoms with Crippen LogP contribution in [-0.2, 0) is 22.7 Å². The van der Waals surface area contributed by atoms with Crippen molar-refractivity contribution in [1.82, 2.24) is 10.6 Å². The summed E-state index contributed by atoms with van der Waals surface area (Å²) < 4.78 is 10.6. The molecule has 2 aromatic rings. The van der Waals surface area contributed by atoms with E-state index in [-0.39, 0.29) is 19.5 Å². The Balaban J connectivity index is 2.09. The van der Waals surface area contributed by atoms with Gasteiger partial charge in [-0.3, -0.25) is 9.59 Å². The highest BCUT2D eigenvalue weighted by atomic mass is 16.5. The van der Waals surface area contributed by atoms with Crippen molar-refractivity contribution in [2.24, 2.45) is 5.41 Å². The number of rotatable bonds is 9. The fourth-order valence-electron chi connectivity index (χ4n) is 2.91. The lowest BCUT2D eigenvalue weighted by Crippen LogP contribution is -2.49. The molecule has 29 heavy (non-hydrogen) atoms. The number of nitrogens with one attached hydrogen (secondary N) is 2. The number of para-hydroxylation sites is 2. The summed E-state index contributed by atoms with van der Waals surface area (Å²) in [6, 6.07) is 14.7. The monoisotopic (exact) mass is 394 g/mol. The van der Waals surface area contributed by atoms with E-state index in [1.807, 2.05) is 48.5 Å². The highest BCUT2D eigenvalue weighted by Crippen LogP contribution is 2.24. The molecule has 0 bridgehead atoms. The molecular weight excluding hydrogens is 368 g/mol. The Bertz CT molecular complexity index is 838. The van der Waals surface area contributed by atoms with Gasteiger partial charge in [-0.25, -0.2) is 0 Å². The van der Waals surface area contributed by atoms with E-state index in [2.05, 4.69) is 16.6 Å². The van der Waals surface area contributed by atoms with Crippen LogP contribution >= 0.6 is 0 Å². The summed E-state index contributed by atoms with van der Waals surface area (Å²) in [6.07, 6.45) is 5.42. The lowest BCUT2D eigenvalue weighted by atomic mass is 9.84. The molecule has 152 valence electrons. The predicted molar refractivity (Wildman–Crippen MR) is 111 cm³/mol. The highest BCUT2D eigenvalue weighted by molar-refractivity contribution is 6.04. The lowest BCUT2D eigenvalue weighted by Gasteiger charge is -2.25. The van der Waals surface area contributed by atoms with E-state index < -0.39 is 17.2 Å². The number of terminal acetylenes is 1. The number of amides is 2. The van der Waals surface area contributed by atoms with Crippen LogP contribution < -0.4 is 20.1 Å². The predicted octanol–water partition coefficient (Wildman–Crippen LogP) is 2.67. The van der Waals surface area contributed by atoms with E-state index in [4.69, 9.17) is 15.9 Å². The molecule has 2 aromatic carbocycles. The minimum absolute atomic E-state index is 0.0253. The van der Waals surface area contributed by atoms with Gasteiger partial charge in [0.15, 0.2) is 0 Å². The topological polar surface area (TPSA) is 76.7 Å². The largest absolute Gasteiger partial charge is 0.496 e. The minimum atomic E-state index is -1.40. The van der Waals surface area contributed by atoms with Gasteiger partial charge in [-0.15, -0.1) is 12.3 Å². The second-order valence-electron chi connectivity index (χ2n) is 6.70. The summed E-state index contributed by atoms with van der Waals surface area (Å²) in [4.78, 5) is 25.7. The maximum atomic E-state index is 12.9. The maximum Gasteiger partial charge on any atom is 0.236 e. The first-order chi connectivity index (χ1) is 14.0. The maximum absolute atomic E-state index is 12.9. The Kier molecular flexibility index (Phi) is 7.67. The summed E-state index contributed by atoms with van der Waals surface area (Å²) >= 11 is 0. The average Bonchev–Trinajstić information content (AvgIpc) is 2.76. The van der Waals surface area contributed by atoms with Crippen LogP contribution in [0.25, 0.3) is 0 Å². The molecule has 0 radical (unpaired) electrons. The van der Waals surface area contributed by atoms with Gasteiger partial charge in [0.2, 0.25) is 11.8 Å². The first-order valence-electron chi connectivity index (χ1n) is 9.20. The highest BCUT2D eigenvalue weighted by Gasteiger charge is 2.40. The second kappa shape index (κ2) is 10.2. The van der Waals surface area contributed by atoms with Crippen LogP contribution in [0.5, 0.6) is 11.5 Å². The van der Waals surface area contributed by atoms with Crippen LogP contribution in [0.2, 0.25) is 0 Å². The molecule has 6 nitrogen and oxygen atoms in total. The second-order valence-corrected chi connectivity index (χ2v) is 6.70. The number of benzene rings is 2. The molecule has 0 aliphatic rings. The molecule has 6 heteroatoms. The third kappa shape index (κ3) is 5.29. The minimum Gasteiger partial charge on any atom is -0.496 e. The third-order valence-corrected chi connectivity index (χ3v) is 4.72. The molecule has 0 saturated heterocycles. The van der Waals surface area contributed by atoms with Crippen LogP contribution in [0.1, 0.15) is 24.5 Å². The Morgan fingerprint density at radius 3 is 1.69 bits per heavy atom. The quantitative estimate of drug-likeness (QED) is 0.506. The van der Waals surface area contributed by atoms with E-state index in [0.29, 0.717) is 11.5 Å². The number of methoxy groups -OCH3 is 2. The van der Waals surface area contributed by atoms with Gasteiger partial charge in [0.1, 0.15) is 16.9 Å². The number of carbonyl (C=O) groups is 2. The Hall–Kier alpha value is -3.46. The SMILES string of the molecule is C#CCC(C)(C(=O)NCc1ccccc1OC)C(=O)NCc1ccccc1OC. The Morgan fingerprint density at radius 1 is 0.897 bits per heavy atom. The van der Waals surface area contributed by atoms with E-state index in [1.54, 1.807) is 21.1 Å². The van der Waals surface area contributed by atoms with Crippen molar-refractivity contribution in [3.8, 4) is 23.8 Å². The number of hydrogen-bond donors (Lipinski definition) is 2. The number of hydrogen-bond acceptors (Lipinski definition) is 4. The van der Waals surface area contributed by atoms with Crippen molar-refractivity contribution in [2.75, 3.05) is 14.2 Å². The molecule has 2 N–H and O–H groups in total. The molecule has 0 heterocycles. The van der Waals surface area contributed by atoms with Crippen molar-refractivity contribution in [1.29, 1.82) is 0 Å². The molecule has 0 aliphatic heterocycles. The van der Waals surface area contributed by atoms with Gasteiger partial charge >= 0.3 is 0 Å². The zero-order valence-corrected chi connectivity index (χ0v) is 17.0. The standard InChI is InChI=1S/C23H26N2O4/c1-5-14-23(2,21(26)24-15-17-10-6-8-12-19(17)28-3)22(27)25-16-18-11-7-9-13-20(18)29-4/h1,6-13H,14-16H2,2-4H3,(H,24,26)(H,25,27). The van der Waals surface area contributed by atoms with E-state index in [1.165, 1.54) is 0 Å². The van der Waals surface area contributed by atoms with Crippen molar-refractivity contribution in [2.45, 2.75) is 26.4 Å². The van der Waals surface area contributed by atoms with Crippen molar-refractivity contribution in [3.05, 3.63) is 59.7 Å². The molecule has 0 aliphatic carbocycles. The summed E-state index contributed by atoms with van der Waals surface area (Å²) in [5.41, 5.74) is 0.209. The van der Waals surface area contributed by atoms with Gasteiger partial charge in [-0.2, -0.15) is 0 Å². The summed E-state index contributed by atoms with van der Waals surface area (Å²) in [5.74, 6) is 2.87. The van der Waals surface area contributed by atoms with E-state index in [9.17, 15) is 9.59 Å². The van der Waals surface area contributed by atoms with Gasteiger partial charge in [0.05, 0.1) is 14.2 Å². The first kappa shape index (κ1) is 21.8. The molecular formula is C23H26N2O4. The van der Waals surface area contributed by atoms with Crippen LogP contribution in [-0.4, -0.2) is 26.0 Å². The molecule has 0 fully saturated rings.